The van der Waals surface area contributed by atoms with Crippen LogP contribution in [0.1, 0.15) is 37.3 Å². The zero-order valence-electron chi connectivity index (χ0n) is 14.7. The molecule has 5 atom stereocenters. The fourth-order valence-electron chi connectivity index (χ4n) is 6.31. The number of piperidine rings is 1. The summed E-state index contributed by atoms with van der Waals surface area (Å²) in [6.07, 6.45) is 3.53. The van der Waals surface area contributed by atoms with E-state index in [0.717, 1.165) is 37.3 Å². The molecule has 2 aliphatic carbocycles. The highest BCUT2D eigenvalue weighted by molar-refractivity contribution is 5.89. The van der Waals surface area contributed by atoms with Crippen molar-refractivity contribution in [1.29, 1.82) is 0 Å². The third kappa shape index (κ3) is 1.52. The molecule has 24 heavy (non-hydrogen) atoms. The van der Waals surface area contributed by atoms with Crippen LogP contribution in [0.3, 0.4) is 0 Å². The fraction of sp³-hybridized carbons (Fsp3) is 0.650. The van der Waals surface area contributed by atoms with Gasteiger partial charge in [0.15, 0.2) is 23.4 Å². The van der Waals surface area contributed by atoms with Gasteiger partial charge in [0.1, 0.15) is 0 Å². The summed E-state index contributed by atoms with van der Waals surface area (Å²) in [5.74, 6) is 2.93. The van der Waals surface area contributed by atoms with Crippen LogP contribution in [0.4, 0.5) is 0 Å². The Morgan fingerprint density at radius 2 is 2.21 bits per heavy atom. The van der Waals surface area contributed by atoms with Crippen LogP contribution in [-0.4, -0.2) is 43.5 Å². The Kier molecular flexibility index (Phi) is 2.92. The highest BCUT2D eigenvalue weighted by Gasteiger charge is 2.67. The average molecular weight is 327 g/mol. The first-order chi connectivity index (χ1) is 11.6. The summed E-state index contributed by atoms with van der Waals surface area (Å²) < 4.78 is 11.9. The SMILES string of the molecule is CC[C@@H]1CC(=O)C2Oc3c(OC)ccc4c3C23CCN(C)C(C4)C13. The minimum Gasteiger partial charge on any atom is -0.493 e. The summed E-state index contributed by atoms with van der Waals surface area (Å²) in [7, 11) is 3.94. The molecule has 1 aromatic carbocycles. The van der Waals surface area contributed by atoms with Crippen LogP contribution in [0.25, 0.3) is 0 Å². The Hall–Kier alpha value is -1.55. The molecule has 1 spiro atoms. The number of ketones is 1. The first-order valence-corrected chi connectivity index (χ1v) is 9.21. The molecule has 4 unspecified atom stereocenters. The van der Waals surface area contributed by atoms with Gasteiger partial charge in [0, 0.05) is 23.4 Å². The number of Topliss-reactive ketones (excluding diaryl/α,β-unsaturated/α-hetero) is 1. The van der Waals surface area contributed by atoms with Crippen LogP contribution >= 0.6 is 0 Å². The van der Waals surface area contributed by atoms with Crippen LogP contribution < -0.4 is 9.47 Å². The van der Waals surface area contributed by atoms with Gasteiger partial charge in [0.05, 0.1) is 7.11 Å². The standard InChI is InChI=1S/C20H25NO3/c1-4-11-10-14(22)19-20-7-8-21(2)13(16(11)20)9-12-5-6-15(23-3)18(24-19)17(12)20/h5-6,11,13,16,19H,4,7-10H2,1-3H3/t11-,13?,16?,19?,20?/m1/s1. The molecule has 0 amide bonds. The van der Waals surface area contributed by atoms with Crippen molar-refractivity contribution < 1.29 is 14.3 Å². The molecule has 4 heteroatoms. The largest absolute Gasteiger partial charge is 0.493 e. The number of carbonyl (C=O) groups is 1. The topological polar surface area (TPSA) is 38.8 Å². The van der Waals surface area contributed by atoms with Gasteiger partial charge in [-0.1, -0.05) is 19.4 Å². The number of benzene rings is 1. The molecule has 1 saturated carbocycles. The number of ether oxygens (including phenoxy) is 2. The smallest absolute Gasteiger partial charge is 0.174 e. The molecule has 2 bridgehead atoms. The first kappa shape index (κ1) is 14.8. The molecule has 0 N–H and O–H groups in total. The molecule has 0 aromatic heterocycles. The number of nitrogens with zero attached hydrogens (tertiary/aromatic N) is 1. The second-order valence-corrected chi connectivity index (χ2v) is 8.04. The molecule has 128 valence electrons. The summed E-state index contributed by atoms with van der Waals surface area (Å²) in [6.45, 7) is 3.28. The normalized spacial score (nSPS) is 39.4. The van der Waals surface area contributed by atoms with E-state index >= 15 is 0 Å². The molecule has 0 radical (unpaired) electrons. The Balaban J connectivity index is 1.81. The monoisotopic (exact) mass is 327 g/mol. The molecule has 1 aromatic rings. The Morgan fingerprint density at radius 3 is 2.96 bits per heavy atom. The van der Waals surface area contributed by atoms with Gasteiger partial charge in [-0.15, -0.1) is 0 Å². The minimum absolute atomic E-state index is 0.120. The average Bonchev–Trinajstić information content (AvgIpc) is 2.94. The van der Waals surface area contributed by atoms with E-state index in [1.165, 1.54) is 11.1 Å². The zero-order chi connectivity index (χ0) is 16.6. The predicted molar refractivity (Wildman–Crippen MR) is 90.7 cm³/mol. The molecule has 1 saturated heterocycles. The number of rotatable bonds is 2. The van der Waals surface area contributed by atoms with Crippen LogP contribution in [0.5, 0.6) is 11.5 Å². The van der Waals surface area contributed by atoms with Gasteiger partial charge in [0.2, 0.25) is 0 Å². The Labute approximate surface area is 143 Å². The highest BCUT2D eigenvalue weighted by atomic mass is 16.5. The van der Waals surface area contributed by atoms with Gasteiger partial charge in [0.25, 0.3) is 0 Å². The van der Waals surface area contributed by atoms with E-state index in [-0.39, 0.29) is 11.5 Å². The maximum Gasteiger partial charge on any atom is 0.174 e. The number of likely N-dealkylation sites (tertiary alicyclic amines) is 1. The second kappa shape index (κ2) is 4.75. The van der Waals surface area contributed by atoms with E-state index in [4.69, 9.17) is 9.47 Å². The maximum atomic E-state index is 13.0. The van der Waals surface area contributed by atoms with E-state index in [2.05, 4.69) is 24.9 Å². The number of likely N-dealkylation sites (N-methyl/N-ethyl adjacent to an activating group) is 1. The number of hydrogen-bond donors (Lipinski definition) is 0. The Morgan fingerprint density at radius 1 is 1.38 bits per heavy atom. The van der Waals surface area contributed by atoms with E-state index in [1.54, 1.807) is 7.11 Å². The van der Waals surface area contributed by atoms with Crippen LogP contribution in [0, 0.1) is 11.8 Å². The van der Waals surface area contributed by atoms with Gasteiger partial charge >= 0.3 is 0 Å². The lowest BCUT2D eigenvalue weighted by atomic mass is 9.48. The van der Waals surface area contributed by atoms with Crippen LogP contribution in [0.15, 0.2) is 12.1 Å². The molecule has 4 nitrogen and oxygen atoms in total. The van der Waals surface area contributed by atoms with E-state index < -0.39 is 0 Å². The van der Waals surface area contributed by atoms with Gasteiger partial charge in [-0.25, -0.2) is 0 Å². The van der Waals surface area contributed by atoms with Crippen molar-refractivity contribution in [2.45, 2.75) is 50.2 Å². The van der Waals surface area contributed by atoms with Crippen molar-refractivity contribution in [2.75, 3.05) is 20.7 Å². The summed E-state index contributed by atoms with van der Waals surface area (Å²) in [4.78, 5) is 15.5. The second-order valence-electron chi connectivity index (χ2n) is 8.04. The maximum absolute atomic E-state index is 13.0. The lowest BCUT2D eigenvalue weighted by molar-refractivity contribution is -0.144. The summed E-state index contributed by atoms with van der Waals surface area (Å²) in [5.41, 5.74) is 2.56. The summed E-state index contributed by atoms with van der Waals surface area (Å²) in [6, 6.07) is 4.74. The fourth-order valence-corrected chi connectivity index (χ4v) is 6.31. The van der Waals surface area contributed by atoms with Gasteiger partial charge in [-0.2, -0.15) is 0 Å². The highest BCUT2D eigenvalue weighted by Crippen LogP contribution is 2.64. The summed E-state index contributed by atoms with van der Waals surface area (Å²) in [5, 5.41) is 0. The number of hydrogen-bond acceptors (Lipinski definition) is 4. The molecule has 2 heterocycles. The molecular weight excluding hydrogens is 302 g/mol. The Bertz CT molecular complexity index is 730. The van der Waals surface area contributed by atoms with Gasteiger partial charge in [-0.05, 0) is 49.9 Å². The predicted octanol–water partition coefficient (Wildman–Crippen LogP) is 2.57. The van der Waals surface area contributed by atoms with Crippen molar-refractivity contribution in [3.05, 3.63) is 23.3 Å². The lowest BCUT2D eigenvalue weighted by Crippen LogP contribution is -2.67. The molecule has 2 aliphatic heterocycles. The quantitative estimate of drug-likeness (QED) is 0.837. The van der Waals surface area contributed by atoms with E-state index in [0.29, 0.717) is 30.1 Å². The van der Waals surface area contributed by atoms with Crippen LogP contribution in [0.2, 0.25) is 0 Å². The van der Waals surface area contributed by atoms with Crippen molar-refractivity contribution in [3.63, 3.8) is 0 Å². The molecule has 5 rings (SSSR count). The number of methoxy groups -OCH3 is 1. The molecular formula is C20H25NO3. The summed E-state index contributed by atoms with van der Waals surface area (Å²) >= 11 is 0. The van der Waals surface area contributed by atoms with E-state index in [1.807, 2.05) is 6.07 Å². The van der Waals surface area contributed by atoms with Crippen molar-refractivity contribution in [2.24, 2.45) is 11.8 Å². The lowest BCUT2D eigenvalue weighted by Gasteiger charge is -2.59. The van der Waals surface area contributed by atoms with Gasteiger partial charge in [-0.3, -0.25) is 4.79 Å². The third-order valence-corrected chi connectivity index (χ3v) is 7.27. The molecule has 2 fully saturated rings. The molecule has 4 aliphatic rings. The van der Waals surface area contributed by atoms with Crippen molar-refractivity contribution >= 4 is 5.78 Å². The third-order valence-electron chi connectivity index (χ3n) is 7.27. The minimum atomic E-state index is -0.299. The van der Waals surface area contributed by atoms with Crippen molar-refractivity contribution in [1.82, 2.24) is 4.90 Å². The van der Waals surface area contributed by atoms with Crippen LogP contribution in [-0.2, 0) is 16.6 Å². The van der Waals surface area contributed by atoms with Gasteiger partial charge < -0.3 is 14.4 Å². The van der Waals surface area contributed by atoms with E-state index in [9.17, 15) is 4.79 Å². The first-order valence-electron chi connectivity index (χ1n) is 9.21. The zero-order valence-corrected chi connectivity index (χ0v) is 14.7. The number of carbonyl (C=O) groups excluding carboxylic acids is 1. The van der Waals surface area contributed by atoms with Crippen molar-refractivity contribution in [3.8, 4) is 11.5 Å².